The molecular weight excluding hydrogens is 369 g/mol. The predicted molar refractivity (Wildman–Crippen MR) is 97.4 cm³/mol. The molecule has 1 aliphatic rings. The summed E-state index contributed by atoms with van der Waals surface area (Å²) in [6.07, 6.45) is -1.75. The number of hydrogen-bond donors (Lipinski definition) is 2. The molecule has 1 aromatic carbocycles. The number of imidazole rings is 1. The Morgan fingerprint density at radius 2 is 2.18 bits per heavy atom. The largest absolute Gasteiger partial charge is 0.459 e. The van der Waals surface area contributed by atoms with Crippen molar-refractivity contribution in [1.29, 1.82) is 0 Å². The van der Waals surface area contributed by atoms with E-state index in [1.54, 1.807) is 24.3 Å². The van der Waals surface area contributed by atoms with Gasteiger partial charge >= 0.3 is 5.97 Å². The number of alkyl halides is 1. The molecule has 4 rings (SSSR count). The summed E-state index contributed by atoms with van der Waals surface area (Å²) in [5, 5.41) is 0. The van der Waals surface area contributed by atoms with Crippen molar-refractivity contribution in [3.8, 4) is 0 Å². The maximum absolute atomic E-state index is 14.6. The number of rotatable bonds is 4. The Morgan fingerprint density at radius 1 is 1.43 bits per heavy atom. The number of carbonyl (C=O) groups is 1. The number of nitrogens with two attached hydrogens (primary N) is 1. The second kappa shape index (κ2) is 7.04. The first kappa shape index (κ1) is 18.1. The van der Waals surface area contributed by atoms with Crippen LogP contribution in [0, 0.1) is 6.92 Å². The maximum atomic E-state index is 14.6. The summed E-state index contributed by atoms with van der Waals surface area (Å²) < 4.78 is 26.8. The van der Waals surface area contributed by atoms with Crippen LogP contribution in [0.1, 0.15) is 28.6 Å². The number of carbonyl (C=O) groups excluding carboxylic acids is 1. The summed E-state index contributed by atoms with van der Waals surface area (Å²) in [7, 11) is 0. The molecule has 3 atom stereocenters. The van der Waals surface area contributed by atoms with Crippen molar-refractivity contribution in [2.75, 3.05) is 12.3 Å². The second-order valence-corrected chi connectivity index (χ2v) is 6.64. The lowest BCUT2D eigenvalue weighted by atomic mass is 10.1. The summed E-state index contributed by atoms with van der Waals surface area (Å²) >= 11 is 0. The van der Waals surface area contributed by atoms with Crippen LogP contribution in [0.3, 0.4) is 0 Å². The van der Waals surface area contributed by atoms with E-state index in [2.05, 4.69) is 15.0 Å². The van der Waals surface area contributed by atoms with Crippen LogP contribution in [-0.2, 0) is 9.47 Å². The Labute approximate surface area is 158 Å². The Hall–Kier alpha value is -3.27. The highest BCUT2D eigenvalue weighted by molar-refractivity contribution is 5.89. The number of aromatic amines is 1. The molecule has 3 N–H and O–H groups in total. The number of aryl methyl sites for hydroxylation is 1. The number of nitrogen functional groups attached to an aromatic ring is 1. The van der Waals surface area contributed by atoms with Crippen molar-refractivity contribution in [1.82, 2.24) is 19.5 Å². The van der Waals surface area contributed by atoms with Crippen LogP contribution < -0.4 is 11.3 Å². The third-order valence-electron chi connectivity index (χ3n) is 4.54. The van der Waals surface area contributed by atoms with Gasteiger partial charge < -0.3 is 15.2 Å². The molecule has 10 heteroatoms. The molecule has 146 valence electrons. The topological polar surface area (TPSA) is 125 Å². The normalized spacial score (nSPS) is 21.9. The van der Waals surface area contributed by atoms with Crippen molar-refractivity contribution in [2.24, 2.45) is 0 Å². The molecule has 2 aromatic heterocycles. The summed E-state index contributed by atoms with van der Waals surface area (Å²) in [5.41, 5.74) is 6.66. The van der Waals surface area contributed by atoms with E-state index in [0.29, 0.717) is 5.56 Å². The van der Waals surface area contributed by atoms with Crippen LogP contribution in [0.25, 0.3) is 11.2 Å². The molecule has 1 fully saturated rings. The van der Waals surface area contributed by atoms with Crippen molar-refractivity contribution in [2.45, 2.75) is 31.8 Å². The van der Waals surface area contributed by atoms with Gasteiger partial charge in [-0.05, 0) is 19.1 Å². The van der Waals surface area contributed by atoms with Gasteiger partial charge in [0, 0.05) is 6.42 Å². The number of benzene rings is 1. The number of nitrogens with zero attached hydrogens (tertiary/aromatic N) is 3. The van der Waals surface area contributed by atoms with E-state index in [9.17, 15) is 14.0 Å². The van der Waals surface area contributed by atoms with Crippen LogP contribution in [-0.4, -0.2) is 44.4 Å². The third-order valence-corrected chi connectivity index (χ3v) is 4.54. The smallest absolute Gasteiger partial charge is 0.338 e. The highest BCUT2D eigenvalue weighted by Gasteiger charge is 2.38. The standard InChI is InChI=1S/C18H18FN5O4/c1-9-2-4-10(5-3-9)17(26)27-7-11-6-12(19)16(28-11)24-8-21-13-14(24)22-18(20)23-15(13)25/h2-5,8,11-12,16H,6-7H2,1H3,(H3,20,22,23,25). The number of H-pyrrole nitrogens is 1. The Balaban J connectivity index is 1.46. The number of nitrogens with one attached hydrogen (secondary N) is 1. The average molecular weight is 387 g/mol. The van der Waals surface area contributed by atoms with Gasteiger partial charge in [-0.15, -0.1) is 0 Å². The molecule has 0 spiro atoms. The number of anilines is 1. The molecule has 3 unspecified atom stereocenters. The number of fused-ring (bicyclic) bond motifs is 1. The van der Waals surface area contributed by atoms with Crippen molar-refractivity contribution >= 4 is 23.1 Å². The van der Waals surface area contributed by atoms with Gasteiger partial charge in [-0.25, -0.2) is 14.2 Å². The Kier molecular flexibility index (Phi) is 4.55. The minimum atomic E-state index is -1.39. The molecule has 1 aliphatic heterocycles. The Bertz CT molecular complexity index is 1080. The van der Waals surface area contributed by atoms with E-state index < -0.39 is 30.0 Å². The van der Waals surface area contributed by atoms with E-state index >= 15 is 0 Å². The van der Waals surface area contributed by atoms with E-state index in [4.69, 9.17) is 15.2 Å². The number of ether oxygens (including phenoxy) is 2. The quantitative estimate of drug-likeness (QED) is 0.650. The third kappa shape index (κ3) is 3.33. The number of aromatic nitrogens is 4. The molecule has 0 saturated carbocycles. The molecular formula is C18H18FN5O4. The molecule has 3 heterocycles. The summed E-state index contributed by atoms with van der Waals surface area (Å²) in [6, 6.07) is 6.94. The lowest BCUT2D eigenvalue weighted by Gasteiger charge is -2.16. The fourth-order valence-electron chi connectivity index (χ4n) is 3.12. The minimum Gasteiger partial charge on any atom is -0.459 e. The first-order chi connectivity index (χ1) is 13.4. The summed E-state index contributed by atoms with van der Waals surface area (Å²) in [5.74, 6) is -0.604. The van der Waals surface area contributed by atoms with Gasteiger partial charge in [-0.1, -0.05) is 17.7 Å². The maximum Gasteiger partial charge on any atom is 0.338 e. The van der Waals surface area contributed by atoms with Gasteiger partial charge in [0.2, 0.25) is 5.95 Å². The molecule has 0 radical (unpaired) electrons. The minimum absolute atomic E-state index is 0.0319. The fraction of sp³-hybridized carbons (Fsp3) is 0.333. The highest BCUT2D eigenvalue weighted by Crippen LogP contribution is 2.33. The van der Waals surface area contributed by atoms with Crippen molar-refractivity contribution in [3.05, 3.63) is 52.1 Å². The second-order valence-electron chi connectivity index (χ2n) is 6.64. The van der Waals surface area contributed by atoms with Crippen molar-refractivity contribution in [3.63, 3.8) is 0 Å². The number of hydrogen-bond acceptors (Lipinski definition) is 7. The molecule has 0 amide bonds. The van der Waals surface area contributed by atoms with Gasteiger partial charge in [-0.2, -0.15) is 4.98 Å². The number of esters is 1. The van der Waals surface area contributed by atoms with E-state index in [0.717, 1.165) is 5.56 Å². The van der Waals surface area contributed by atoms with Crippen LogP contribution in [0.15, 0.2) is 35.4 Å². The van der Waals surface area contributed by atoms with Gasteiger partial charge in [0.05, 0.1) is 18.0 Å². The van der Waals surface area contributed by atoms with Gasteiger partial charge in [0.25, 0.3) is 5.56 Å². The lowest BCUT2D eigenvalue weighted by molar-refractivity contribution is -0.0420. The average Bonchev–Trinajstić information content (AvgIpc) is 3.23. The molecule has 0 bridgehead atoms. The first-order valence-corrected chi connectivity index (χ1v) is 8.68. The van der Waals surface area contributed by atoms with E-state index in [1.165, 1.54) is 10.9 Å². The fourth-order valence-corrected chi connectivity index (χ4v) is 3.12. The molecule has 0 aliphatic carbocycles. The Morgan fingerprint density at radius 3 is 2.93 bits per heavy atom. The first-order valence-electron chi connectivity index (χ1n) is 8.68. The molecule has 3 aromatic rings. The van der Waals surface area contributed by atoms with Crippen LogP contribution >= 0.6 is 0 Å². The van der Waals surface area contributed by atoms with E-state index in [-0.39, 0.29) is 30.1 Å². The monoisotopic (exact) mass is 387 g/mol. The van der Waals surface area contributed by atoms with Crippen LogP contribution in [0.5, 0.6) is 0 Å². The summed E-state index contributed by atoms with van der Waals surface area (Å²) in [6.45, 7) is 1.82. The molecule has 9 nitrogen and oxygen atoms in total. The zero-order valence-electron chi connectivity index (χ0n) is 15.0. The van der Waals surface area contributed by atoms with Gasteiger partial charge in [0.15, 0.2) is 17.4 Å². The van der Waals surface area contributed by atoms with Crippen LogP contribution in [0.4, 0.5) is 10.3 Å². The number of halogens is 1. The summed E-state index contributed by atoms with van der Waals surface area (Å²) in [4.78, 5) is 34.3. The highest BCUT2D eigenvalue weighted by atomic mass is 19.1. The SMILES string of the molecule is Cc1ccc(C(=O)OCC2CC(F)C(n3cnc4c(=O)[nH]c(N)nc43)O2)cc1. The van der Waals surface area contributed by atoms with Gasteiger partial charge in [0.1, 0.15) is 12.8 Å². The molecule has 1 saturated heterocycles. The predicted octanol–water partition coefficient (Wildman–Crippen LogP) is 1.49. The van der Waals surface area contributed by atoms with Crippen LogP contribution in [0.2, 0.25) is 0 Å². The zero-order chi connectivity index (χ0) is 19.8. The van der Waals surface area contributed by atoms with Crippen molar-refractivity contribution < 1.29 is 18.7 Å². The van der Waals surface area contributed by atoms with E-state index in [1.807, 2.05) is 6.92 Å². The lowest BCUT2D eigenvalue weighted by Crippen LogP contribution is -2.20. The molecule has 28 heavy (non-hydrogen) atoms. The zero-order valence-corrected chi connectivity index (χ0v) is 15.0. The van der Waals surface area contributed by atoms with Gasteiger partial charge in [-0.3, -0.25) is 14.3 Å².